The zero-order chi connectivity index (χ0) is 29.7. The third-order valence-corrected chi connectivity index (χ3v) is 7.31. The molecule has 0 spiro atoms. The SMILES string of the molecule is CS(=O)(=O)Nc1cccc(C#CCOCCCCCCN(Cc2ccccc2)CC(O)c2cc(Cl)c(N)c(Cl)c2)n1. The van der Waals surface area contributed by atoms with Crippen LogP contribution in [0, 0.1) is 11.8 Å². The first-order valence-electron chi connectivity index (χ1n) is 13.3. The van der Waals surface area contributed by atoms with Crippen molar-refractivity contribution in [2.45, 2.75) is 38.3 Å². The van der Waals surface area contributed by atoms with Crippen LogP contribution in [0.5, 0.6) is 0 Å². The fraction of sp³-hybridized carbons (Fsp3) is 0.367. The summed E-state index contributed by atoms with van der Waals surface area (Å²) in [5, 5.41) is 11.6. The molecule has 0 aliphatic carbocycles. The summed E-state index contributed by atoms with van der Waals surface area (Å²) < 4.78 is 30.6. The van der Waals surface area contributed by atoms with E-state index in [0.29, 0.717) is 40.1 Å². The number of aliphatic hydroxyl groups is 1. The molecular formula is C30H36Cl2N4O4S. The molecule has 1 unspecified atom stereocenters. The largest absolute Gasteiger partial charge is 0.396 e. The van der Waals surface area contributed by atoms with Crippen LogP contribution in [0.3, 0.4) is 0 Å². The molecule has 4 N–H and O–H groups in total. The van der Waals surface area contributed by atoms with Gasteiger partial charge in [-0.2, -0.15) is 0 Å². The molecule has 1 atom stereocenters. The number of halogens is 2. The van der Waals surface area contributed by atoms with Crippen molar-refractivity contribution in [1.82, 2.24) is 9.88 Å². The number of nitrogens with one attached hydrogen (secondary N) is 1. The molecule has 8 nitrogen and oxygen atoms in total. The molecule has 0 saturated heterocycles. The molecule has 1 aromatic heterocycles. The Hall–Kier alpha value is -2.84. The Kier molecular flexibility index (Phi) is 13.2. The number of aliphatic hydroxyl groups excluding tert-OH is 1. The normalized spacial score (nSPS) is 12.1. The summed E-state index contributed by atoms with van der Waals surface area (Å²) in [7, 11) is -3.39. The minimum atomic E-state index is -3.39. The molecule has 3 aromatic rings. The average Bonchev–Trinajstić information content (AvgIpc) is 2.92. The van der Waals surface area contributed by atoms with E-state index in [0.717, 1.165) is 45.0 Å². The van der Waals surface area contributed by atoms with Crippen molar-refractivity contribution in [3.63, 3.8) is 0 Å². The monoisotopic (exact) mass is 618 g/mol. The van der Waals surface area contributed by atoms with Crippen LogP contribution in [0.25, 0.3) is 0 Å². The average molecular weight is 620 g/mol. The standard InChI is InChI=1S/C30H36Cl2N4O4S/c1-41(38,39)35-29-15-9-13-25(34-29)14-10-18-40-17-8-3-2-7-16-36(21-23-11-5-4-6-12-23)22-28(37)24-19-26(31)30(33)27(32)20-24/h4-6,9,11-13,15,19-20,28,37H,2-3,7-8,16-18,21-22,33H2,1H3,(H,34,35). The lowest BCUT2D eigenvalue weighted by molar-refractivity contribution is 0.107. The topological polar surface area (TPSA) is 118 Å². The first-order valence-corrected chi connectivity index (χ1v) is 16.0. The van der Waals surface area contributed by atoms with Crippen LogP contribution in [-0.2, 0) is 21.3 Å². The Labute approximate surface area is 252 Å². The number of nitrogen functional groups attached to an aromatic ring is 1. The number of sulfonamides is 1. The van der Waals surface area contributed by atoms with Gasteiger partial charge in [0.2, 0.25) is 10.0 Å². The minimum absolute atomic E-state index is 0.233. The Bertz CT molecular complexity index is 1410. The summed E-state index contributed by atoms with van der Waals surface area (Å²) in [5.41, 5.74) is 8.44. The van der Waals surface area contributed by atoms with E-state index >= 15 is 0 Å². The van der Waals surface area contributed by atoms with E-state index in [9.17, 15) is 13.5 Å². The summed E-state index contributed by atoms with van der Waals surface area (Å²) in [4.78, 5) is 6.39. The maximum absolute atomic E-state index is 11.3. The lowest BCUT2D eigenvalue weighted by atomic mass is 10.1. The van der Waals surface area contributed by atoms with Crippen molar-refractivity contribution >= 4 is 44.7 Å². The second kappa shape index (κ2) is 16.6. The van der Waals surface area contributed by atoms with Gasteiger partial charge in [0.15, 0.2) is 0 Å². The number of anilines is 2. The summed E-state index contributed by atoms with van der Waals surface area (Å²) >= 11 is 12.4. The van der Waals surface area contributed by atoms with Gasteiger partial charge < -0.3 is 15.6 Å². The number of nitrogens with zero attached hydrogens (tertiary/aromatic N) is 2. The Morgan fingerprint density at radius 1 is 1.05 bits per heavy atom. The van der Waals surface area contributed by atoms with Crippen LogP contribution in [0.2, 0.25) is 10.0 Å². The summed E-state index contributed by atoms with van der Waals surface area (Å²) in [6, 6.07) is 18.5. The molecule has 11 heteroatoms. The third kappa shape index (κ3) is 12.3. The highest BCUT2D eigenvalue weighted by atomic mass is 35.5. The van der Waals surface area contributed by atoms with Gasteiger partial charge in [0.25, 0.3) is 0 Å². The van der Waals surface area contributed by atoms with Gasteiger partial charge in [0.05, 0.1) is 28.1 Å². The predicted octanol–water partition coefficient (Wildman–Crippen LogP) is 5.51. The van der Waals surface area contributed by atoms with Crippen molar-refractivity contribution in [3.8, 4) is 11.8 Å². The van der Waals surface area contributed by atoms with Crippen LogP contribution in [0.15, 0.2) is 60.7 Å². The van der Waals surface area contributed by atoms with Gasteiger partial charge in [-0.15, -0.1) is 0 Å². The molecule has 0 radical (unpaired) electrons. The molecule has 220 valence electrons. The number of hydrogen-bond donors (Lipinski definition) is 3. The molecule has 0 bridgehead atoms. The first-order chi connectivity index (χ1) is 19.6. The van der Waals surface area contributed by atoms with Crippen molar-refractivity contribution in [3.05, 3.63) is 87.5 Å². The summed E-state index contributed by atoms with van der Waals surface area (Å²) in [6.07, 6.45) is 4.25. The summed E-state index contributed by atoms with van der Waals surface area (Å²) in [5.74, 6) is 6.02. The lowest BCUT2D eigenvalue weighted by Gasteiger charge is -2.26. The van der Waals surface area contributed by atoms with E-state index in [1.807, 2.05) is 18.2 Å². The van der Waals surface area contributed by atoms with Crippen molar-refractivity contribution in [1.29, 1.82) is 0 Å². The third-order valence-electron chi connectivity index (χ3n) is 6.11. The van der Waals surface area contributed by atoms with Gasteiger partial charge in [-0.3, -0.25) is 9.62 Å². The van der Waals surface area contributed by atoms with E-state index in [2.05, 4.69) is 38.6 Å². The molecule has 41 heavy (non-hydrogen) atoms. The van der Waals surface area contributed by atoms with E-state index in [1.54, 1.807) is 30.3 Å². The predicted molar refractivity (Wildman–Crippen MR) is 166 cm³/mol. The zero-order valence-electron chi connectivity index (χ0n) is 23.0. The van der Waals surface area contributed by atoms with Crippen molar-refractivity contribution < 1.29 is 18.3 Å². The lowest BCUT2D eigenvalue weighted by Crippen LogP contribution is -2.29. The van der Waals surface area contributed by atoms with Gasteiger partial charge in [-0.1, -0.05) is 78.4 Å². The van der Waals surface area contributed by atoms with Gasteiger partial charge in [0.1, 0.15) is 18.1 Å². The van der Waals surface area contributed by atoms with Gasteiger partial charge in [-0.25, -0.2) is 13.4 Å². The number of unbranched alkanes of at least 4 members (excludes halogenated alkanes) is 3. The molecule has 0 aliphatic rings. The smallest absolute Gasteiger partial charge is 0.230 e. The molecule has 1 heterocycles. The zero-order valence-corrected chi connectivity index (χ0v) is 25.4. The quantitative estimate of drug-likeness (QED) is 0.117. The maximum atomic E-state index is 11.3. The molecule has 0 amide bonds. The summed E-state index contributed by atoms with van der Waals surface area (Å²) in [6.45, 7) is 2.86. The molecule has 0 aliphatic heterocycles. The van der Waals surface area contributed by atoms with Crippen LogP contribution < -0.4 is 10.5 Å². The molecule has 2 aromatic carbocycles. The van der Waals surface area contributed by atoms with Crippen LogP contribution in [0.4, 0.5) is 11.5 Å². The van der Waals surface area contributed by atoms with E-state index in [4.69, 9.17) is 33.7 Å². The fourth-order valence-electron chi connectivity index (χ4n) is 4.12. The molecule has 0 fully saturated rings. The highest BCUT2D eigenvalue weighted by molar-refractivity contribution is 7.92. The number of ether oxygens (including phenoxy) is 1. The number of aromatic nitrogens is 1. The second-order valence-electron chi connectivity index (χ2n) is 9.69. The highest BCUT2D eigenvalue weighted by Crippen LogP contribution is 2.31. The number of benzene rings is 2. The minimum Gasteiger partial charge on any atom is -0.396 e. The van der Waals surface area contributed by atoms with Crippen LogP contribution >= 0.6 is 23.2 Å². The van der Waals surface area contributed by atoms with Gasteiger partial charge >= 0.3 is 0 Å². The Morgan fingerprint density at radius 2 is 1.76 bits per heavy atom. The van der Waals surface area contributed by atoms with Crippen LogP contribution in [0.1, 0.15) is 48.6 Å². The van der Waals surface area contributed by atoms with Gasteiger partial charge in [0, 0.05) is 19.7 Å². The van der Waals surface area contributed by atoms with E-state index in [1.165, 1.54) is 5.56 Å². The number of pyridine rings is 1. The second-order valence-corrected chi connectivity index (χ2v) is 12.2. The number of rotatable bonds is 15. The van der Waals surface area contributed by atoms with Crippen molar-refractivity contribution in [2.75, 3.05) is 43.0 Å². The molecule has 3 rings (SSSR count). The highest BCUT2D eigenvalue weighted by Gasteiger charge is 2.17. The number of nitrogens with two attached hydrogens (primary N) is 1. The Morgan fingerprint density at radius 3 is 2.46 bits per heavy atom. The van der Waals surface area contributed by atoms with Crippen molar-refractivity contribution in [2.24, 2.45) is 0 Å². The molecule has 0 saturated carbocycles. The van der Waals surface area contributed by atoms with E-state index < -0.39 is 16.1 Å². The first kappa shape index (κ1) is 32.7. The maximum Gasteiger partial charge on any atom is 0.230 e. The van der Waals surface area contributed by atoms with E-state index in [-0.39, 0.29) is 12.4 Å². The molecular weight excluding hydrogens is 583 g/mol. The number of hydrogen-bond acceptors (Lipinski definition) is 7. The van der Waals surface area contributed by atoms with Crippen LogP contribution in [-0.4, -0.2) is 56.0 Å². The fourth-order valence-corrected chi connectivity index (χ4v) is 5.11. The van der Waals surface area contributed by atoms with Gasteiger partial charge in [-0.05, 0) is 60.7 Å². The Balaban J connectivity index is 1.40.